The minimum absolute atomic E-state index is 0.0211. The number of hydrogen-bond acceptors (Lipinski definition) is 2. The third-order valence-electron chi connectivity index (χ3n) is 4.06. The number of ether oxygens (including phenoxy) is 1. The summed E-state index contributed by atoms with van der Waals surface area (Å²) in [6.45, 7) is 10.2. The molecule has 0 amide bonds. The average Bonchev–Trinajstić information content (AvgIpc) is 2.35. The molecule has 19 heavy (non-hydrogen) atoms. The van der Waals surface area contributed by atoms with Gasteiger partial charge in [0.1, 0.15) is 0 Å². The first kappa shape index (κ1) is 16.5. The monoisotopic (exact) mass is 282 g/mol. The molecule has 0 aromatic heterocycles. The molecule has 1 saturated carbocycles. The van der Waals surface area contributed by atoms with Gasteiger partial charge in [-0.05, 0) is 32.2 Å². The molecule has 1 aliphatic rings. The molecule has 1 fully saturated rings. The summed E-state index contributed by atoms with van der Waals surface area (Å²) in [5.74, 6) is 0.398. The van der Waals surface area contributed by atoms with Crippen molar-refractivity contribution in [1.29, 1.82) is 0 Å². The highest BCUT2D eigenvalue weighted by Crippen LogP contribution is 2.31. The standard InChI is InChI=1S/C16H30O2Si/c1-11(2)15(13(5)16(17)18-12(3)4)19-14-9-7-6-8-10-14/h11-12,14H,6-10,19H2,1-5H3. The highest BCUT2D eigenvalue weighted by atomic mass is 28.2. The van der Waals surface area contributed by atoms with Crippen LogP contribution in [-0.4, -0.2) is 21.6 Å². The number of hydrogen-bond donors (Lipinski definition) is 0. The number of carbonyl (C=O) groups excluding carboxylic acids is 1. The zero-order valence-electron chi connectivity index (χ0n) is 13.3. The number of carbonyl (C=O) groups is 1. The van der Waals surface area contributed by atoms with Crippen LogP contribution in [0.5, 0.6) is 0 Å². The van der Waals surface area contributed by atoms with Crippen LogP contribution in [0, 0.1) is 5.92 Å². The fraction of sp³-hybridized carbons (Fsp3) is 0.812. The smallest absolute Gasteiger partial charge is 0.333 e. The highest BCUT2D eigenvalue weighted by molar-refractivity contribution is 6.48. The maximum absolute atomic E-state index is 12.1. The molecule has 110 valence electrons. The predicted octanol–water partition coefficient (Wildman–Crippen LogP) is 3.79. The lowest BCUT2D eigenvalue weighted by Gasteiger charge is -2.25. The Labute approximate surface area is 120 Å². The van der Waals surface area contributed by atoms with Crippen LogP contribution in [0.15, 0.2) is 10.8 Å². The van der Waals surface area contributed by atoms with Crippen molar-refractivity contribution < 1.29 is 9.53 Å². The first-order valence-corrected chi connectivity index (χ1v) is 9.34. The minimum Gasteiger partial charge on any atom is -0.460 e. The SMILES string of the molecule is CC(C(=O)OC(C)C)=C([SiH2]C1CCCCC1)C(C)C. The van der Waals surface area contributed by atoms with Gasteiger partial charge in [-0.1, -0.05) is 51.1 Å². The summed E-state index contributed by atoms with van der Waals surface area (Å²) in [6, 6.07) is 0. The van der Waals surface area contributed by atoms with Gasteiger partial charge >= 0.3 is 5.97 Å². The Kier molecular flexibility index (Phi) is 6.84. The molecule has 0 atom stereocenters. The van der Waals surface area contributed by atoms with Crippen LogP contribution >= 0.6 is 0 Å². The molecule has 0 heterocycles. The average molecular weight is 282 g/mol. The molecule has 3 heteroatoms. The van der Waals surface area contributed by atoms with Gasteiger partial charge in [0.25, 0.3) is 0 Å². The topological polar surface area (TPSA) is 26.3 Å². The van der Waals surface area contributed by atoms with E-state index in [1.54, 1.807) is 0 Å². The molecular weight excluding hydrogens is 252 g/mol. The van der Waals surface area contributed by atoms with Crippen LogP contribution in [-0.2, 0) is 9.53 Å². The Hall–Kier alpha value is -0.573. The van der Waals surface area contributed by atoms with Crippen LogP contribution in [0.3, 0.4) is 0 Å². The molecule has 0 unspecified atom stereocenters. The summed E-state index contributed by atoms with van der Waals surface area (Å²) in [6.07, 6.45) is 6.92. The van der Waals surface area contributed by atoms with Crippen LogP contribution in [0.4, 0.5) is 0 Å². The van der Waals surface area contributed by atoms with E-state index in [0.29, 0.717) is 5.92 Å². The first-order valence-electron chi connectivity index (χ1n) is 7.82. The molecule has 0 aliphatic heterocycles. The van der Waals surface area contributed by atoms with E-state index in [9.17, 15) is 4.79 Å². The fourth-order valence-corrected chi connectivity index (χ4v) is 5.49. The first-order chi connectivity index (χ1) is 8.91. The van der Waals surface area contributed by atoms with Crippen LogP contribution in [0.25, 0.3) is 0 Å². The van der Waals surface area contributed by atoms with E-state index in [1.807, 2.05) is 20.8 Å². The van der Waals surface area contributed by atoms with E-state index in [4.69, 9.17) is 4.74 Å². The van der Waals surface area contributed by atoms with Gasteiger partial charge in [-0.3, -0.25) is 0 Å². The number of rotatable bonds is 5. The van der Waals surface area contributed by atoms with Crippen molar-refractivity contribution in [3.05, 3.63) is 10.8 Å². The van der Waals surface area contributed by atoms with E-state index in [-0.39, 0.29) is 21.6 Å². The van der Waals surface area contributed by atoms with Gasteiger partial charge in [0, 0.05) is 5.57 Å². The van der Waals surface area contributed by atoms with Crippen LogP contribution < -0.4 is 0 Å². The maximum atomic E-state index is 12.1. The van der Waals surface area contributed by atoms with Crippen LogP contribution in [0.2, 0.25) is 5.54 Å². The number of esters is 1. The quantitative estimate of drug-likeness (QED) is 0.436. The van der Waals surface area contributed by atoms with Crippen molar-refractivity contribution in [1.82, 2.24) is 0 Å². The Morgan fingerprint density at radius 2 is 1.68 bits per heavy atom. The largest absolute Gasteiger partial charge is 0.460 e. The molecule has 0 saturated heterocycles. The molecule has 0 N–H and O–H groups in total. The molecule has 1 aliphatic carbocycles. The molecular formula is C16H30O2Si. The molecule has 0 spiro atoms. The normalized spacial score (nSPS) is 19.3. The third-order valence-corrected chi connectivity index (χ3v) is 7.24. The summed E-state index contributed by atoms with van der Waals surface area (Å²) in [5.41, 5.74) is 1.81. The number of allylic oxidation sites excluding steroid dienone is 1. The van der Waals surface area contributed by atoms with E-state index >= 15 is 0 Å². The molecule has 2 nitrogen and oxygen atoms in total. The molecule has 0 aromatic rings. The third kappa shape index (κ3) is 5.51. The zero-order valence-corrected chi connectivity index (χ0v) is 14.7. The fourth-order valence-electron chi connectivity index (χ4n) is 2.96. The lowest BCUT2D eigenvalue weighted by atomic mass is 10.0. The Balaban J connectivity index is 2.76. The molecule has 1 rings (SSSR count). The van der Waals surface area contributed by atoms with E-state index in [2.05, 4.69) is 13.8 Å². The second-order valence-electron chi connectivity index (χ2n) is 6.47. The Morgan fingerprint density at radius 3 is 2.16 bits per heavy atom. The van der Waals surface area contributed by atoms with Gasteiger partial charge < -0.3 is 4.74 Å². The van der Waals surface area contributed by atoms with Crippen molar-refractivity contribution in [2.45, 2.75) is 78.4 Å². The van der Waals surface area contributed by atoms with Gasteiger partial charge in [-0.2, -0.15) is 0 Å². The lowest BCUT2D eigenvalue weighted by molar-refractivity contribution is -0.142. The Morgan fingerprint density at radius 1 is 1.11 bits per heavy atom. The highest BCUT2D eigenvalue weighted by Gasteiger charge is 2.21. The van der Waals surface area contributed by atoms with E-state index in [0.717, 1.165) is 11.1 Å². The van der Waals surface area contributed by atoms with E-state index in [1.165, 1.54) is 37.3 Å². The predicted molar refractivity (Wildman–Crippen MR) is 84.1 cm³/mol. The summed E-state index contributed by atoms with van der Waals surface area (Å²) >= 11 is 0. The van der Waals surface area contributed by atoms with Crippen molar-refractivity contribution in [3.63, 3.8) is 0 Å². The van der Waals surface area contributed by atoms with Crippen molar-refractivity contribution >= 4 is 15.5 Å². The second-order valence-corrected chi connectivity index (χ2v) is 8.79. The summed E-state index contributed by atoms with van der Waals surface area (Å²) < 4.78 is 5.36. The van der Waals surface area contributed by atoms with Gasteiger partial charge in [0.15, 0.2) is 0 Å². The van der Waals surface area contributed by atoms with Crippen LogP contribution in [0.1, 0.15) is 66.7 Å². The summed E-state index contributed by atoms with van der Waals surface area (Å²) in [7, 11) is -0.313. The van der Waals surface area contributed by atoms with Crippen molar-refractivity contribution in [3.8, 4) is 0 Å². The lowest BCUT2D eigenvalue weighted by Crippen LogP contribution is -2.20. The Bertz CT molecular complexity index is 326. The minimum atomic E-state index is -0.313. The zero-order chi connectivity index (χ0) is 14.4. The second kappa shape index (κ2) is 7.88. The molecule has 0 bridgehead atoms. The van der Waals surface area contributed by atoms with E-state index < -0.39 is 0 Å². The van der Waals surface area contributed by atoms with Crippen molar-refractivity contribution in [2.24, 2.45) is 5.92 Å². The van der Waals surface area contributed by atoms with Crippen molar-refractivity contribution in [2.75, 3.05) is 0 Å². The van der Waals surface area contributed by atoms with Gasteiger partial charge in [-0.15, -0.1) is 0 Å². The molecule has 0 radical (unpaired) electrons. The summed E-state index contributed by atoms with van der Waals surface area (Å²) in [4.78, 5) is 12.1. The maximum Gasteiger partial charge on any atom is 0.333 e. The van der Waals surface area contributed by atoms with Gasteiger partial charge in [0.2, 0.25) is 0 Å². The van der Waals surface area contributed by atoms with Gasteiger partial charge in [-0.25, -0.2) is 4.79 Å². The molecule has 0 aromatic carbocycles. The van der Waals surface area contributed by atoms with Gasteiger partial charge in [0.05, 0.1) is 15.6 Å². The summed E-state index contributed by atoms with van der Waals surface area (Å²) in [5, 5.41) is 1.44.